The summed E-state index contributed by atoms with van der Waals surface area (Å²) in [6, 6.07) is 17.5. The van der Waals surface area contributed by atoms with Crippen LogP contribution in [-0.4, -0.2) is 53.7 Å². The van der Waals surface area contributed by atoms with Gasteiger partial charge in [-0.25, -0.2) is 14.2 Å². The van der Waals surface area contributed by atoms with E-state index in [1.165, 1.54) is 17.2 Å². The monoisotopic (exact) mass is 566 g/mol. The van der Waals surface area contributed by atoms with E-state index in [-0.39, 0.29) is 23.9 Å². The fourth-order valence-corrected chi connectivity index (χ4v) is 5.45. The van der Waals surface area contributed by atoms with E-state index in [4.69, 9.17) is 16.3 Å². The Bertz CT molecular complexity index is 1250. The van der Waals surface area contributed by atoms with Crippen molar-refractivity contribution in [3.05, 3.63) is 93.9 Å². The van der Waals surface area contributed by atoms with Crippen LogP contribution in [0.3, 0.4) is 0 Å². The highest BCUT2D eigenvalue weighted by Gasteiger charge is 2.30. The minimum absolute atomic E-state index is 0.0850. The molecule has 0 radical (unpaired) electrons. The largest absolute Gasteiger partial charge is 0.459 e. The third-order valence-corrected chi connectivity index (χ3v) is 7.72. The molecule has 8 heteroatoms. The number of esters is 1. The van der Waals surface area contributed by atoms with E-state index in [2.05, 4.69) is 51.3 Å². The van der Waals surface area contributed by atoms with Crippen LogP contribution in [0.2, 0.25) is 5.02 Å². The van der Waals surface area contributed by atoms with E-state index in [0.717, 1.165) is 32.6 Å². The highest BCUT2D eigenvalue weighted by atomic mass is 35.5. The lowest BCUT2D eigenvalue weighted by Crippen LogP contribution is -2.37. The number of anilines is 1. The summed E-state index contributed by atoms with van der Waals surface area (Å²) in [5.41, 5.74) is 3.52. The number of nitrogens with zero attached hydrogens (tertiary/aromatic N) is 3. The van der Waals surface area contributed by atoms with Gasteiger partial charge in [0.1, 0.15) is 17.2 Å². The number of aromatic nitrogens is 1. The van der Waals surface area contributed by atoms with Gasteiger partial charge in [0.15, 0.2) is 0 Å². The second kappa shape index (κ2) is 14.1. The van der Waals surface area contributed by atoms with Crippen molar-refractivity contribution >= 4 is 23.4 Å². The van der Waals surface area contributed by atoms with Gasteiger partial charge in [0.25, 0.3) is 0 Å². The van der Waals surface area contributed by atoms with E-state index >= 15 is 0 Å². The summed E-state index contributed by atoms with van der Waals surface area (Å²) in [5, 5.41) is 3.95. The summed E-state index contributed by atoms with van der Waals surface area (Å²) in [6.07, 6.45) is 3.10. The molecule has 2 atom stereocenters. The Morgan fingerprint density at radius 1 is 1.15 bits per heavy atom. The quantitative estimate of drug-likeness (QED) is 0.261. The lowest BCUT2D eigenvalue weighted by Gasteiger charge is -2.28. The Morgan fingerprint density at radius 3 is 2.60 bits per heavy atom. The van der Waals surface area contributed by atoms with Crippen LogP contribution in [0.5, 0.6) is 0 Å². The first kappa shape index (κ1) is 30.0. The number of likely N-dealkylation sites (N-methyl/N-ethyl adjacent to an activating group) is 1. The highest BCUT2D eigenvalue weighted by molar-refractivity contribution is 6.31. The van der Waals surface area contributed by atoms with Gasteiger partial charge in [0.05, 0.1) is 6.10 Å². The molecular weight excluding hydrogens is 527 g/mol. The van der Waals surface area contributed by atoms with E-state index in [1.807, 2.05) is 20.8 Å². The van der Waals surface area contributed by atoms with Crippen LogP contribution in [0.4, 0.5) is 10.2 Å². The molecule has 0 saturated carbocycles. The number of carbonyl (C=O) groups is 1. The molecule has 1 aliphatic rings. The molecule has 2 aromatic carbocycles. The molecule has 1 aliphatic heterocycles. The lowest BCUT2D eigenvalue weighted by atomic mass is 10.1. The Balaban J connectivity index is 1.31. The molecule has 0 aliphatic carbocycles. The van der Waals surface area contributed by atoms with Crippen LogP contribution >= 0.6 is 11.6 Å². The number of benzene rings is 2. The first-order chi connectivity index (χ1) is 19.2. The molecule has 0 spiro atoms. The van der Waals surface area contributed by atoms with Crippen molar-refractivity contribution < 1.29 is 13.9 Å². The normalized spacial score (nSPS) is 16.1. The minimum atomic E-state index is -0.325. The van der Waals surface area contributed by atoms with Crippen molar-refractivity contribution in [2.24, 2.45) is 0 Å². The number of carbonyl (C=O) groups excluding carboxylic acids is 1. The average Bonchev–Trinajstić information content (AvgIpc) is 3.43. The number of hydrogen-bond acceptors (Lipinski definition) is 6. The van der Waals surface area contributed by atoms with E-state index in [9.17, 15) is 9.18 Å². The fourth-order valence-electron chi connectivity index (χ4n) is 5.21. The van der Waals surface area contributed by atoms with Crippen molar-refractivity contribution in [1.29, 1.82) is 0 Å². The van der Waals surface area contributed by atoms with Crippen LogP contribution in [-0.2, 0) is 24.2 Å². The molecule has 0 amide bonds. The first-order valence-electron chi connectivity index (χ1n) is 14.1. The molecule has 3 aromatic rings. The Labute approximate surface area is 242 Å². The Kier molecular flexibility index (Phi) is 10.5. The van der Waals surface area contributed by atoms with Gasteiger partial charge in [0.2, 0.25) is 0 Å². The van der Waals surface area contributed by atoms with Crippen LogP contribution in [0.15, 0.2) is 60.8 Å². The average molecular weight is 567 g/mol. The lowest BCUT2D eigenvalue weighted by molar-refractivity contribution is 0.0378. The molecule has 6 nitrogen and oxygen atoms in total. The summed E-state index contributed by atoms with van der Waals surface area (Å²) in [5.74, 6) is 0.120. The summed E-state index contributed by atoms with van der Waals surface area (Å²) in [7, 11) is 0. The highest BCUT2D eigenvalue weighted by Crippen LogP contribution is 2.26. The molecular formula is C32H40ClFN4O2. The SMILES string of the molecule is CCN(Cc1ccc(CNC(C)Cc2c(F)cccc2Cl)cc1)[C@@H]1CCN(c2ncccc2C(=O)OC(C)C)C1. The van der Waals surface area contributed by atoms with Crippen LogP contribution in [0, 0.1) is 5.82 Å². The van der Waals surface area contributed by atoms with Crippen LogP contribution in [0.1, 0.15) is 61.2 Å². The molecule has 40 heavy (non-hydrogen) atoms. The van der Waals surface area contributed by atoms with Gasteiger partial charge < -0.3 is 15.0 Å². The van der Waals surface area contributed by atoms with E-state index < -0.39 is 0 Å². The predicted octanol–water partition coefficient (Wildman–Crippen LogP) is 6.26. The molecule has 0 bridgehead atoms. The summed E-state index contributed by atoms with van der Waals surface area (Å²) in [4.78, 5) is 21.9. The molecule has 1 saturated heterocycles. The standard InChI is InChI=1S/C32H40ClFN4O2/c1-5-37(26-15-17-38(21-26)31-27(8-7-16-35-31)32(39)40-22(2)3)20-25-13-11-24(12-14-25)19-36-23(4)18-28-29(33)9-6-10-30(28)34/h6-14,16,22-23,26,36H,5,15,17-21H2,1-4H3/t23?,26-/m1/s1. The number of pyridine rings is 1. The topological polar surface area (TPSA) is 57.7 Å². The summed E-state index contributed by atoms with van der Waals surface area (Å²) >= 11 is 6.19. The number of nitrogens with one attached hydrogen (secondary N) is 1. The van der Waals surface area contributed by atoms with Gasteiger partial charge in [-0.2, -0.15) is 0 Å². The molecule has 1 unspecified atom stereocenters. The van der Waals surface area contributed by atoms with Crippen molar-refractivity contribution in [1.82, 2.24) is 15.2 Å². The van der Waals surface area contributed by atoms with Gasteiger partial charge in [0, 0.05) is 55.0 Å². The van der Waals surface area contributed by atoms with Crippen molar-refractivity contribution in [3.8, 4) is 0 Å². The maximum absolute atomic E-state index is 14.1. The van der Waals surface area contributed by atoms with Gasteiger partial charge in [-0.1, -0.05) is 48.9 Å². The maximum atomic E-state index is 14.1. The molecule has 4 rings (SSSR count). The predicted molar refractivity (Wildman–Crippen MR) is 159 cm³/mol. The zero-order valence-corrected chi connectivity index (χ0v) is 24.6. The number of halogens is 2. The molecule has 1 N–H and O–H groups in total. The fraction of sp³-hybridized carbons (Fsp3) is 0.438. The Hall–Kier alpha value is -3.00. The summed E-state index contributed by atoms with van der Waals surface area (Å²) in [6.45, 7) is 12.1. The van der Waals surface area contributed by atoms with Crippen molar-refractivity contribution in [2.45, 2.75) is 71.8 Å². The molecule has 1 aromatic heterocycles. The molecule has 2 heterocycles. The van der Waals surface area contributed by atoms with E-state index in [0.29, 0.717) is 41.0 Å². The van der Waals surface area contributed by atoms with Crippen LogP contribution in [0.25, 0.3) is 0 Å². The second-order valence-electron chi connectivity index (χ2n) is 10.8. The van der Waals surface area contributed by atoms with Crippen LogP contribution < -0.4 is 10.2 Å². The van der Waals surface area contributed by atoms with Gasteiger partial charge in [-0.15, -0.1) is 0 Å². The van der Waals surface area contributed by atoms with Crippen molar-refractivity contribution in [2.75, 3.05) is 24.5 Å². The van der Waals surface area contributed by atoms with Gasteiger partial charge >= 0.3 is 5.97 Å². The Morgan fingerprint density at radius 2 is 1.90 bits per heavy atom. The number of hydrogen-bond donors (Lipinski definition) is 1. The first-order valence-corrected chi connectivity index (χ1v) is 14.5. The smallest absolute Gasteiger partial charge is 0.342 e. The summed E-state index contributed by atoms with van der Waals surface area (Å²) < 4.78 is 19.6. The second-order valence-corrected chi connectivity index (χ2v) is 11.2. The minimum Gasteiger partial charge on any atom is -0.459 e. The third-order valence-electron chi connectivity index (χ3n) is 7.37. The molecule has 1 fully saturated rings. The van der Waals surface area contributed by atoms with Gasteiger partial charge in [-0.3, -0.25) is 4.90 Å². The zero-order chi connectivity index (χ0) is 28.6. The van der Waals surface area contributed by atoms with Crippen molar-refractivity contribution in [3.63, 3.8) is 0 Å². The zero-order valence-electron chi connectivity index (χ0n) is 23.9. The van der Waals surface area contributed by atoms with E-state index in [1.54, 1.807) is 30.5 Å². The van der Waals surface area contributed by atoms with Gasteiger partial charge in [-0.05, 0) is 75.5 Å². The number of ether oxygens (including phenoxy) is 1. The molecule has 214 valence electrons. The maximum Gasteiger partial charge on any atom is 0.342 e. The third kappa shape index (κ3) is 7.80. The number of rotatable bonds is 12.